The van der Waals surface area contributed by atoms with Gasteiger partial charge in [-0.25, -0.2) is 9.78 Å². The number of hydrogen-bond acceptors (Lipinski definition) is 7. The number of oxime groups is 1. The van der Waals surface area contributed by atoms with Crippen LogP contribution in [0, 0.1) is 0 Å². The van der Waals surface area contributed by atoms with E-state index in [1.54, 1.807) is 5.38 Å². The molecule has 1 heterocycles. The third kappa shape index (κ3) is 2.65. The van der Waals surface area contributed by atoms with Crippen LogP contribution in [-0.4, -0.2) is 40.3 Å². The number of thiazole rings is 1. The summed E-state index contributed by atoms with van der Waals surface area (Å²) in [6, 6.07) is 0. The number of nitrogens with one attached hydrogen (secondary N) is 1. The van der Waals surface area contributed by atoms with Gasteiger partial charge in [0, 0.05) is 25.3 Å². The molecule has 102 valence electrons. The van der Waals surface area contributed by atoms with Crippen molar-refractivity contribution < 1.29 is 19.5 Å². The lowest BCUT2D eigenvalue weighted by Crippen LogP contribution is -2.31. The fraction of sp³-hybridized carbons (Fsp3) is 0.400. The number of amides is 1. The van der Waals surface area contributed by atoms with Gasteiger partial charge in [0.25, 0.3) is 5.91 Å². The van der Waals surface area contributed by atoms with Gasteiger partial charge in [0.15, 0.2) is 10.8 Å². The second kappa shape index (κ2) is 4.84. The highest BCUT2D eigenvalue weighted by atomic mass is 32.1. The SMILES string of the molecule is CNC(=O)/C(=N\OC1(C(=O)O)CC1)c1csc(N)n1. The van der Waals surface area contributed by atoms with E-state index in [1.807, 2.05) is 0 Å². The average Bonchev–Trinajstić information content (AvgIpc) is 3.06. The van der Waals surface area contributed by atoms with Gasteiger partial charge in [-0.05, 0) is 0 Å². The molecule has 1 aliphatic carbocycles. The molecule has 1 aliphatic rings. The highest BCUT2D eigenvalue weighted by molar-refractivity contribution is 7.13. The molecule has 0 atom stereocenters. The van der Waals surface area contributed by atoms with Crippen molar-refractivity contribution in [3.05, 3.63) is 11.1 Å². The van der Waals surface area contributed by atoms with E-state index in [0.29, 0.717) is 12.8 Å². The first-order valence-corrected chi connectivity index (χ1v) is 6.29. The average molecular weight is 284 g/mol. The van der Waals surface area contributed by atoms with Crippen LogP contribution < -0.4 is 11.1 Å². The molecule has 0 radical (unpaired) electrons. The minimum absolute atomic E-state index is 0.0945. The number of anilines is 1. The standard InChI is InChI=1S/C10H12N4O4S/c1-12-7(15)6(5-4-19-9(11)13-5)14-18-10(2-3-10)8(16)17/h4H,2-3H2,1H3,(H2,11,13)(H,12,15)(H,16,17)/b14-6-. The smallest absolute Gasteiger partial charge is 0.350 e. The zero-order valence-electron chi connectivity index (χ0n) is 10.0. The van der Waals surface area contributed by atoms with E-state index >= 15 is 0 Å². The second-order valence-corrected chi connectivity index (χ2v) is 4.87. The second-order valence-electron chi connectivity index (χ2n) is 3.98. The number of nitrogen functional groups attached to an aromatic ring is 1. The Morgan fingerprint density at radius 1 is 1.63 bits per heavy atom. The van der Waals surface area contributed by atoms with Gasteiger partial charge in [-0.3, -0.25) is 4.79 Å². The van der Waals surface area contributed by atoms with Gasteiger partial charge in [0.1, 0.15) is 5.69 Å². The Morgan fingerprint density at radius 3 is 2.74 bits per heavy atom. The van der Waals surface area contributed by atoms with Gasteiger partial charge in [-0.2, -0.15) is 0 Å². The third-order valence-corrected chi connectivity index (χ3v) is 3.29. The predicted octanol–water partition coefficient (Wildman–Crippen LogP) is -0.191. The van der Waals surface area contributed by atoms with Gasteiger partial charge in [0.2, 0.25) is 5.60 Å². The van der Waals surface area contributed by atoms with E-state index < -0.39 is 17.5 Å². The Labute approximate surface area is 112 Å². The summed E-state index contributed by atoms with van der Waals surface area (Å²) in [5, 5.41) is 16.8. The quantitative estimate of drug-likeness (QED) is 0.508. The summed E-state index contributed by atoms with van der Waals surface area (Å²) in [6.45, 7) is 0. The Bertz CT molecular complexity index is 549. The van der Waals surface area contributed by atoms with Crippen LogP contribution in [0.5, 0.6) is 0 Å². The molecule has 1 amide bonds. The van der Waals surface area contributed by atoms with Crippen molar-refractivity contribution in [2.24, 2.45) is 5.16 Å². The Kier molecular flexibility index (Phi) is 3.38. The number of carboxylic acid groups (broad SMARTS) is 1. The minimum atomic E-state index is -1.30. The topological polar surface area (TPSA) is 127 Å². The van der Waals surface area contributed by atoms with Crippen molar-refractivity contribution in [1.82, 2.24) is 10.3 Å². The number of carbonyl (C=O) groups excluding carboxylic acids is 1. The number of nitrogens with two attached hydrogens (primary N) is 1. The van der Waals surface area contributed by atoms with Crippen molar-refractivity contribution in [2.75, 3.05) is 12.8 Å². The maximum Gasteiger partial charge on any atom is 0.350 e. The van der Waals surface area contributed by atoms with Crippen LogP contribution in [0.15, 0.2) is 10.5 Å². The van der Waals surface area contributed by atoms with Gasteiger partial charge in [-0.15, -0.1) is 11.3 Å². The normalized spacial score (nSPS) is 16.8. The molecule has 0 saturated heterocycles. The molecule has 8 nitrogen and oxygen atoms in total. The maximum absolute atomic E-state index is 11.7. The Morgan fingerprint density at radius 2 is 2.32 bits per heavy atom. The van der Waals surface area contributed by atoms with E-state index in [0.717, 1.165) is 11.3 Å². The molecule has 19 heavy (non-hydrogen) atoms. The van der Waals surface area contributed by atoms with Crippen molar-refractivity contribution in [3.63, 3.8) is 0 Å². The summed E-state index contributed by atoms with van der Waals surface area (Å²) in [5.74, 6) is -1.61. The first-order valence-electron chi connectivity index (χ1n) is 5.41. The number of hydrogen-bond donors (Lipinski definition) is 3. The summed E-state index contributed by atoms with van der Waals surface area (Å²) in [7, 11) is 1.43. The summed E-state index contributed by atoms with van der Waals surface area (Å²) < 4.78 is 0. The maximum atomic E-state index is 11.7. The van der Waals surface area contributed by atoms with Crippen LogP contribution in [0.25, 0.3) is 0 Å². The van der Waals surface area contributed by atoms with Gasteiger partial charge in [-0.1, -0.05) is 5.16 Å². The van der Waals surface area contributed by atoms with Gasteiger partial charge >= 0.3 is 5.97 Å². The molecule has 0 spiro atoms. The van der Waals surface area contributed by atoms with Crippen LogP contribution >= 0.6 is 11.3 Å². The van der Waals surface area contributed by atoms with E-state index in [9.17, 15) is 9.59 Å². The van der Waals surface area contributed by atoms with Crippen molar-refractivity contribution in [3.8, 4) is 0 Å². The zero-order valence-corrected chi connectivity index (χ0v) is 10.9. The molecule has 1 aromatic rings. The fourth-order valence-electron chi connectivity index (χ4n) is 1.31. The third-order valence-electron chi connectivity index (χ3n) is 2.61. The molecule has 4 N–H and O–H groups in total. The first-order chi connectivity index (χ1) is 8.98. The molecular formula is C10H12N4O4S. The Balaban J connectivity index is 2.24. The predicted molar refractivity (Wildman–Crippen MR) is 67.8 cm³/mol. The van der Waals surface area contributed by atoms with Gasteiger partial charge < -0.3 is 21.0 Å². The van der Waals surface area contributed by atoms with E-state index in [-0.39, 0.29) is 16.5 Å². The van der Waals surface area contributed by atoms with Crippen molar-refractivity contribution in [2.45, 2.75) is 18.4 Å². The molecular weight excluding hydrogens is 272 g/mol. The molecule has 1 aromatic heterocycles. The van der Waals surface area contributed by atoms with Crippen LogP contribution in [-0.2, 0) is 14.4 Å². The monoisotopic (exact) mass is 284 g/mol. The number of nitrogens with zero attached hydrogens (tertiary/aromatic N) is 2. The molecule has 0 aromatic carbocycles. The fourth-order valence-corrected chi connectivity index (χ4v) is 1.86. The minimum Gasteiger partial charge on any atom is -0.478 e. The number of aromatic nitrogens is 1. The number of carboxylic acids is 1. The number of aliphatic carboxylic acids is 1. The molecule has 1 fully saturated rings. The van der Waals surface area contributed by atoms with Crippen molar-refractivity contribution >= 4 is 34.1 Å². The Hall–Kier alpha value is -2.16. The zero-order chi connectivity index (χ0) is 14.0. The summed E-state index contributed by atoms with van der Waals surface area (Å²) in [6.07, 6.45) is 0.734. The van der Waals surface area contributed by atoms with E-state index in [2.05, 4.69) is 15.5 Å². The summed E-state index contributed by atoms with van der Waals surface area (Å²) in [4.78, 5) is 31.6. The molecule has 0 aliphatic heterocycles. The largest absolute Gasteiger partial charge is 0.478 e. The van der Waals surface area contributed by atoms with Gasteiger partial charge in [0.05, 0.1) is 0 Å². The van der Waals surface area contributed by atoms with Crippen molar-refractivity contribution in [1.29, 1.82) is 0 Å². The molecule has 2 rings (SSSR count). The van der Waals surface area contributed by atoms with E-state index in [4.69, 9.17) is 15.7 Å². The molecule has 0 unspecified atom stereocenters. The molecule has 9 heteroatoms. The highest BCUT2D eigenvalue weighted by Crippen LogP contribution is 2.40. The molecule has 1 saturated carbocycles. The number of carbonyl (C=O) groups is 2. The molecule has 0 bridgehead atoms. The lowest BCUT2D eigenvalue weighted by atomic mass is 10.3. The highest BCUT2D eigenvalue weighted by Gasteiger charge is 2.54. The first kappa shape index (κ1) is 13.3. The van der Waals surface area contributed by atoms with E-state index in [1.165, 1.54) is 7.05 Å². The van der Waals surface area contributed by atoms with Crippen LogP contribution in [0.3, 0.4) is 0 Å². The van der Waals surface area contributed by atoms with Crippen LogP contribution in [0.1, 0.15) is 18.5 Å². The lowest BCUT2D eigenvalue weighted by molar-refractivity contribution is -0.153. The summed E-state index contributed by atoms with van der Waals surface area (Å²) >= 11 is 1.15. The van der Waals surface area contributed by atoms with Crippen LogP contribution in [0.4, 0.5) is 5.13 Å². The lowest BCUT2D eigenvalue weighted by Gasteiger charge is -2.08. The summed E-state index contributed by atoms with van der Waals surface area (Å²) in [5.41, 5.74) is 4.34. The number of likely N-dealkylation sites (N-methyl/N-ethyl adjacent to an activating group) is 1. The van der Waals surface area contributed by atoms with Crippen LogP contribution in [0.2, 0.25) is 0 Å². The number of rotatable bonds is 5.